The number of amides is 1. The second-order valence-corrected chi connectivity index (χ2v) is 4.62. The van der Waals surface area contributed by atoms with E-state index in [1.807, 2.05) is 48.5 Å². The number of carbonyl (C=O) groups is 1. The maximum atomic E-state index is 11.2. The molecule has 0 radical (unpaired) electrons. The summed E-state index contributed by atoms with van der Waals surface area (Å²) in [5.41, 5.74) is 8.97. The summed E-state index contributed by atoms with van der Waals surface area (Å²) < 4.78 is 5.28. The highest BCUT2D eigenvalue weighted by molar-refractivity contribution is 5.65. The Morgan fingerprint density at radius 1 is 1.05 bits per heavy atom. The van der Waals surface area contributed by atoms with E-state index in [4.69, 9.17) is 10.5 Å². The molecule has 1 amide bonds. The molecule has 3 nitrogen and oxygen atoms in total. The van der Waals surface area contributed by atoms with Crippen LogP contribution in [0.1, 0.15) is 28.4 Å². The van der Waals surface area contributed by atoms with E-state index in [0.29, 0.717) is 6.42 Å². The molecule has 0 saturated heterocycles. The van der Waals surface area contributed by atoms with E-state index in [0.717, 1.165) is 22.3 Å². The normalized spacial score (nSPS) is 15.7. The molecule has 0 spiro atoms. The Hall–Kier alpha value is -2.73. The SMILES string of the molecule is NC(=O)OC1Cc2ccccc2C#Cc2ccccc21. The fourth-order valence-corrected chi connectivity index (χ4v) is 2.40. The number of hydrogen-bond acceptors (Lipinski definition) is 2. The number of carbonyl (C=O) groups excluding carboxylic acids is 1. The van der Waals surface area contributed by atoms with Crippen LogP contribution in [-0.4, -0.2) is 6.09 Å². The lowest BCUT2D eigenvalue weighted by Gasteiger charge is -2.20. The van der Waals surface area contributed by atoms with Crippen LogP contribution in [0.4, 0.5) is 4.79 Å². The Labute approximate surface area is 117 Å². The van der Waals surface area contributed by atoms with Crippen LogP contribution in [-0.2, 0) is 11.2 Å². The first kappa shape index (κ1) is 12.3. The maximum absolute atomic E-state index is 11.2. The zero-order chi connectivity index (χ0) is 13.9. The number of fused-ring (bicyclic) bond motifs is 2. The predicted molar refractivity (Wildman–Crippen MR) is 76.0 cm³/mol. The zero-order valence-electron chi connectivity index (χ0n) is 10.8. The molecule has 1 aliphatic carbocycles. The van der Waals surface area contributed by atoms with Gasteiger partial charge in [-0.25, -0.2) is 4.79 Å². The van der Waals surface area contributed by atoms with Gasteiger partial charge >= 0.3 is 6.09 Å². The number of rotatable bonds is 1. The highest BCUT2D eigenvalue weighted by Gasteiger charge is 2.21. The summed E-state index contributed by atoms with van der Waals surface area (Å²) in [5.74, 6) is 6.32. The fourth-order valence-electron chi connectivity index (χ4n) is 2.40. The van der Waals surface area contributed by atoms with Gasteiger partial charge in [0.15, 0.2) is 0 Å². The highest BCUT2D eigenvalue weighted by atomic mass is 16.6. The van der Waals surface area contributed by atoms with Gasteiger partial charge in [0.25, 0.3) is 0 Å². The molecule has 3 rings (SSSR count). The predicted octanol–water partition coefficient (Wildman–Crippen LogP) is 2.78. The van der Waals surface area contributed by atoms with Crippen LogP contribution >= 0.6 is 0 Å². The molecule has 2 aromatic carbocycles. The summed E-state index contributed by atoms with van der Waals surface area (Å²) in [4.78, 5) is 11.2. The van der Waals surface area contributed by atoms with Gasteiger partial charge in [-0.3, -0.25) is 0 Å². The first-order valence-corrected chi connectivity index (χ1v) is 6.39. The van der Waals surface area contributed by atoms with Crippen molar-refractivity contribution in [1.82, 2.24) is 0 Å². The van der Waals surface area contributed by atoms with Gasteiger partial charge in [0.2, 0.25) is 0 Å². The van der Waals surface area contributed by atoms with Crippen molar-refractivity contribution < 1.29 is 9.53 Å². The van der Waals surface area contributed by atoms with Gasteiger partial charge in [0.05, 0.1) is 0 Å². The van der Waals surface area contributed by atoms with Gasteiger partial charge in [0, 0.05) is 23.1 Å². The minimum absolute atomic E-state index is 0.403. The summed E-state index contributed by atoms with van der Waals surface area (Å²) in [6, 6.07) is 15.5. The van der Waals surface area contributed by atoms with Gasteiger partial charge in [-0.2, -0.15) is 0 Å². The van der Waals surface area contributed by atoms with E-state index in [2.05, 4.69) is 11.8 Å². The molecule has 1 aliphatic rings. The van der Waals surface area contributed by atoms with Crippen LogP contribution in [0, 0.1) is 11.8 Å². The van der Waals surface area contributed by atoms with Crippen molar-refractivity contribution in [2.75, 3.05) is 0 Å². The van der Waals surface area contributed by atoms with Gasteiger partial charge in [-0.05, 0) is 17.7 Å². The van der Waals surface area contributed by atoms with Crippen LogP contribution in [0.15, 0.2) is 48.5 Å². The molecule has 20 heavy (non-hydrogen) atoms. The summed E-state index contributed by atoms with van der Waals surface area (Å²) in [6.45, 7) is 0. The average molecular weight is 263 g/mol. The minimum atomic E-state index is -0.768. The summed E-state index contributed by atoms with van der Waals surface area (Å²) in [7, 11) is 0. The van der Waals surface area contributed by atoms with Crippen molar-refractivity contribution in [3.8, 4) is 11.8 Å². The third kappa shape index (κ3) is 2.36. The van der Waals surface area contributed by atoms with Crippen LogP contribution in [0.2, 0.25) is 0 Å². The number of hydrogen-bond donors (Lipinski definition) is 1. The lowest BCUT2D eigenvalue weighted by Crippen LogP contribution is -2.20. The van der Waals surface area contributed by atoms with E-state index >= 15 is 0 Å². The smallest absolute Gasteiger partial charge is 0.405 e. The number of primary amides is 1. The van der Waals surface area contributed by atoms with Crippen molar-refractivity contribution in [2.45, 2.75) is 12.5 Å². The van der Waals surface area contributed by atoms with E-state index < -0.39 is 12.2 Å². The maximum Gasteiger partial charge on any atom is 0.405 e. The topological polar surface area (TPSA) is 52.3 Å². The van der Waals surface area contributed by atoms with Crippen molar-refractivity contribution >= 4 is 6.09 Å². The highest BCUT2D eigenvalue weighted by Crippen LogP contribution is 2.28. The Kier molecular flexibility index (Phi) is 3.14. The Morgan fingerprint density at radius 3 is 2.50 bits per heavy atom. The standard InChI is InChI=1S/C17H13NO2/c18-17(19)20-16-11-14-7-2-1-5-12(14)9-10-13-6-3-4-8-15(13)16/h1-8,16H,11H2,(H2,18,19). The molecule has 1 unspecified atom stereocenters. The molecule has 3 heteroatoms. The lowest BCUT2D eigenvalue weighted by atomic mass is 9.92. The zero-order valence-corrected chi connectivity index (χ0v) is 10.8. The van der Waals surface area contributed by atoms with E-state index in [9.17, 15) is 4.79 Å². The Morgan fingerprint density at radius 2 is 1.70 bits per heavy atom. The molecule has 1 atom stereocenters. The molecule has 0 heterocycles. The van der Waals surface area contributed by atoms with Crippen LogP contribution in [0.25, 0.3) is 0 Å². The van der Waals surface area contributed by atoms with Crippen molar-refractivity contribution in [1.29, 1.82) is 0 Å². The third-order valence-electron chi connectivity index (χ3n) is 3.32. The van der Waals surface area contributed by atoms with Crippen LogP contribution in [0.3, 0.4) is 0 Å². The fraction of sp³-hybridized carbons (Fsp3) is 0.118. The number of nitrogens with two attached hydrogens (primary N) is 1. The summed E-state index contributed by atoms with van der Waals surface area (Å²) in [6.07, 6.45) is -0.597. The Balaban J connectivity index is 2.14. The van der Waals surface area contributed by atoms with Gasteiger partial charge < -0.3 is 10.5 Å². The molecular weight excluding hydrogens is 250 g/mol. The molecule has 0 bridgehead atoms. The molecule has 0 fully saturated rings. The first-order chi connectivity index (χ1) is 9.74. The monoisotopic (exact) mass is 263 g/mol. The van der Waals surface area contributed by atoms with E-state index in [1.54, 1.807) is 0 Å². The molecule has 2 N–H and O–H groups in total. The van der Waals surface area contributed by atoms with Gasteiger partial charge in [-0.1, -0.05) is 48.2 Å². The quantitative estimate of drug-likeness (QED) is 0.804. The van der Waals surface area contributed by atoms with Crippen LogP contribution < -0.4 is 5.73 Å². The molecular formula is C17H13NO2. The molecule has 2 aromatic rings. The molecule has 0 saturated carbocycles. The van der Waals surface area contributed by atoms with Crippen molar-refractivity contribution in [3.63, 3.8) is 0 Å². The molecule has 0 aliphatic heterocycles. The second kappa shape index (κ2) is 5.10. The Bertz CT molecular complexity index is 725. The van der Waals surface area contributed by atoms with Crippen molar-refractivity contribution in [3.05, 3.63) is 70.8 Å². The van der Waals surface area contributed by atoms with E-state index in [-0.39, 0.29) is 0 Å². The molecule has 98 valence electrons. The minimum Gasteiger partial charge on any atom is -0.441 e. The first-order valence-electron chi connectivity index (χ1n) is 6.39. The average Bonchev–Trinajstić information content (AvgIpc) is 2.43. The lowest BCUT2D eigenvalue weighted by molar-refractivity contribution is 0.106. The second-order valence-electron chi connectivity index (χ2n) is 4.62. The summed E-state index contributed by atoms with van der Waals surface area (Å²) in [5, 5.41) is 0. The van der Waals surface area contributed by atoms with Gasteiger partial charge in [0.1, 0.15) is 6.10 Å². The molecule has 0 aromatic heterocycles. The largest absolute Gasteiger partial charge is 0.441 e. The number of ether oxygens (including phenoxy) is 1. The van der Waals surface area contributed by atoms with Gasteiger partial charge in [-0.15, -0.1) is 0 Å². The number of benzene rings is 2. The van der Waals surface area contributed by atoms with Crippen LogP contribution in [0.5, 0.6) is 0 Å². The summed E-state index contributed by atoms with van der Waals surface area (Å²) >= 11 is 0. The van der Waals surface area contributed by atoms with Crippen molar-refractivity contribution in [2.24, 2.45) is 5.73 Å². The van der Waals surface area contributed by atoms with E-state index in [1.165, 1.54) is 0 Å². The third-order valence-corrected chi connectivity index (χ3v) is 3.32.